The predicted molar refractivity (Wildman–Crippen MR) is 55.2 cm³/mol. The second-order valence-electron chi connectivity index (χ2n) is 2.31. The van der Waals surface area contributed by atoms with Crippen LogP contribution in [0.25, 0.3) is 0 Å². The summed E-state index contributed by atoms with van der Waals surface area (Å²) in [6.45, 7) is 4.26. The van der Waals surface area contributed by atoms with Crippen molar-refractivity contribution in [2.24, 2.45) is 5.92 Å². The van der Waals surface area contributed by atoms with E-state index in [1.54, 1.807) is 21.6 Å². The highest BCUT2D eigenvalue weighted by Crippen LogP contribution is 2.34. The van der Waals surface area contributed by atoms with Crippen LogP contribution < -0.4 is 0 Å². The summed E-state index contributed by atoms with van der Waals surface area (Å²) in [4.78, 5) is -0.252. The number of alkyl halides is 2. The molecule has 0 spiro atoms. The first-order valence-electron chi connectivity index (χ1n) is 3.07. The molecule has 0 radical (unpaired) electrons. The molecule has 0 bridgehead atoms. The highest BCUT2D eigenvalue weighted by molar-refractivity contribution is 8.76. The number of hydrogen-bond donors (Lipinski definition) is 0. The maximum atomic E-state index is 5.75. The summed E-state index contributed by atoms with van der Waals surface area (Å²) in [5.41, 5.74) is 0. The molecule has 0 heterocycles. The third-order valence-corrected chi connectivity index (χ3v) is 4.43. The van der Waals surface area contributed by atoms with Gasteiger partial charge in [-0.1, -0.05) is 35.4 Å². The van der Waals surface area contributed by atoms with Gasteiger partial charge in [0.2, 0.25) is 0 Å². The Kier molecular flexibility index (Phi) is 6.62. The average Bonchev–Trinajstić information content (AvgIpc) is 1.81. The van der Waals surface area contributed by atoms with Gasteiger partial charge in [0, 0.05) is 5.25 Å². The smallest absolute Gasteiger partial charge is 0.104 e. The first-order valence-corrected chi connectivity index (χ1v) is 6.56. The van der Waals surface area contributed by atoms with E-state index in [9.17, 15) is 0 Å². The zero-order chi connectivity index (χ0) is 8.15. The summed E-state index contributed by atoms with van der Waals surface area (Å²) in [7, 11) is 3.46. The molecular formula is C6H12Cl2S2. The molecule has 0 amide bonds. The van der Waals surface area contributed by atoms with Gasteiger partial charge in [0.15, 0.2) is 0 Å². The molecule has 1 atom stereocenters. The summed E-state index contributed by atoms with van der Waals surface area (Å²) < 4.78 is 0. The van der Waals surface area contributed by atoms with Crippen LogP contribution in [0.5, 0.6) is 0 Å². The van der Waals surface area contributed by atoms with Gasteiger partial charge < -0.3 is 0 Å². The van der Waals surface area contributed by atoms with Gasteiger partial charge in [0.05, 0.1) is 0 Å². The van der Waals surface area contributed by atoms with Gasteiger partial charge in [-0.05, 0) is 12.2 Å². The van der Waals surface area contributed by atoms with Crippen molar-refractivity contribution in [3.8, 4) is 0 Å². The Bertz CT molecular complexity index is 77.8. The number of hydrogen-bond acceptors (Lipinski definition) is 2. The van der Waals surface area contributed by atoms with Crippen LogP contribution in [-0.4, -0.2) is 16.3 Å². The molecule has 62 valence electrons. The van der Waals surface area contributed by atoms with Crippen LogP contribution in [-0.2, 0) is 0 Å². The lowest BCUT2D eigenvalue weighted by Gasteiger charge is -2.19. The zero-order valence-electron chi connectivity index (χ0n) is 6.30. The average molecular weight is 219 g/mol. The summed E-state index contributed by atoms with van der Waals surface area (Å²) in [5.74, 6) is 0.539. The Balaban J connectivity index is 3.73. The van der Waals surface area contributed by atoms with Gasteiger partial charge in [-0.15, -0.1) is 23.2 Å². The fraction of sp³-hybridized carbons (Fsp3) is 1.00. The van der Waals surface area contributed by atoms with E-state index in [4.69, 9.17) is 23.2 Å². The maximum absolute atomic E-state index is 5.75. The molecule has 0 aromatic heterocycles. The Morgan fingerprint density at radius 3 is 1.80 bits per heavy atom. The first-order chi connectivity index (χ1) is 4.59. The quantitative estimate of drug-likeness (QED) is 0.520. The summed E-state index contributed by atoms with van der Waals surface area (Å²) >= 11 is 11.5. The van der Waals surface area contributed by atoms with Crippen LogP contribution in [0.1, 0.15) is 13.8 Å². The molecule has 0 aromatic rings. The second-order valence-corrected chi connectivity index (χ2v) is 6.12. The van der Waals surface area contributed by atoms with E-state index in [0.717, 1.165) is 0 Å². The summed E-state index contributed by atoms with van der Waals surface area (Å²) in [5, 5.41) is 0.346. The van der Waals surface area contributed by atoms with Crippen molar-refractivity contribution >= 4 is 44.8 Å². The molecule has 0 saturated heterocycles. The van der Waals surface area contributed by atoms with Crippen molar-refractivity contribution in [1.82, 2.24) is 0 Å². The molecule has 0 rings (SSSR count). The summed E-state index contributed by atoms with van der Waals surface area (Å²) in [6, 6.07) is 0. The Hall–Kier alpha value is 1.28. The van der Waals surface area contributed by atoms with E-state index in [0.29, 0.717) is 11.2 Å². The second kappa shape index (κ2) is 5.87. The Labute approximate surface area is 80.8 Å². The lowest BCUT2D eigenvalue weighted by molar-refractivity contribution is 0.634. The SMILES string of the molecule is CSS[C@@H](C(C)C)C(Cl)Cl. The van der Waals surface area contributed by atoms with Gasteiger partial charge in [-0.3, -0.25) is 0 Å². The molecule has 10 heavy (non-hydrogen) atoms. The summed E-state index contributed by atoms with van der Waals surface area (Å²) in [6.07, 6.45) is 2.04. The van der Waals surface area contributed by atoms with E-state index in [2.05, 4.69) is 13.8 Å². The van der Waals surface area contributed by atoms with Crippen molar-refractivity contribution in [2.45, 2.75) is 23.9 Å². The minimum absolute atomic E-state index is 0.252. The number of rotatable bonds is 4. The Morgan fingerprint density at radius 2 is 1.70 bits per heavy atom. The minimum atomic E-state index is -0.252. The van der Waals surface area contributed by atoms with E-state index in [1.807, 2.05) is 6.26 Å². The molecule has 4 heteroatoms. The van der Waals surface area contributed by atoms with E-state index < -0.39 is 0 Å². The fourth-order valence-corrected chi connectivity index (χ4v) is 4.01. The molecule has 0 aliphatic carbocycles. The van der Waals surface area contributed by atoms with Crippen molar-refractivity contribution in [1.29, 1.82) is 0 Å². The van der Waals surface area contributed by atoms with Gasteiger partial charge >= 0.3 is 0 Å². The molecule has 0 saturated carbocycles. The van der Waals surface area contributed by atoms with Gasteiger partial charge in [-0.25, -0.2) is 0 Å². The lowest BCUT2D eigenvalue weighted by Crippen LogP contribution is -2.17. The molecule has 0 nitrogen and oxygen atoms in total. The maximum Gasteiger partial charge on any atom is 0.120 e. The van der Waals surface area contributed by atoms with Crippen molar-refractivity contribution in [2.75, 3.05) is 6.26 Å². The standard InChI is InChI=1S/C6H12Cl2S2/c1-4(2)5(6(7)8)10-9-3/h4-6H,1-3H3/t5-/m0/s1. The lowest BCUT2D eigenvalue weighted by atomic mass is 10.1. The van der Waals surface area contributed by atoms with Crippen LogP contribution in [0.2, 0.25) is 0 Å². The molecule has 0 aliphatic rings. The third kappa shape index (κ3) is 4.22. The monoisotopic (exact) mass is 218 g/mol. The van der Waals surface area contributed by atoms with Crippen LogP contribution in [0.4, 0.5) is 0 Å². The molecular weight excluding hydrogens is 207 g/mol. The van der Waals surface area contributed by atoms with Crippen LogP contribution in [0.15, 0.2) is 0 Å². The van der Waals surface area contributed by atoms with Gasteiger partial charge in [-0.2, -0.15) is 0 Å². The minimum Gasteiger partial charge on any atom is -0.104 e. The van der Waals surface area contributed by atoms with Crippen LogP contribution in [0, 0.1) is 5.92 Å². The zero-order valence-corrected chi connectivity index (χ0v) is 9.45. The third-order valence-electron chi connectivity index (χ3n) is 1.11. The van der Waals surface area contributed by atoms with Crippen LogP contribution >= 0.6 is 44.8 Å². The molecule has 0 N–H and O–H groups in total. The first kappa shape index (κ1) is 11.3. The van der Waals surface area contributed by atoms with Gasteiger partial charge in [0.1, 0.15) is 4.84 Å². The van der Waals surface area contributed by atoms with E-state index in [-0.39, 0.29) is 4.84 Å². The largest absolute Gasteiger partial charge is 0.120 e. The van der Waals surface area contributed by atoms with Crippen molar-refractivity contribution in [3.63, 3.8) is 0 Å². The predicted octanol–water partition coefficient (Wildman–Crippen LogP) is 3.83. The van der Waals surface area contributed by atoms with Gasteiger partial charge in [0.25, 0.3) is 0 Å². The van der Waals surface area contributed by atoms with Crippen molar-refractivity contribution in [3.05, 3.63) is 0 Å². The molecule has 0 fully saturated rings. The van der Waals surface area contributed by atoms with Crippen molar-refractivity contribution < 1.29 is 0 Å². The highest BCUT2D eigenvalue weighted by atomic mass is 35.5. The molecule has 0 aliphatic heterocycles. The van der Waals surface area contributed by atoms with E-state index in [1.165, 1.54) is 0 Å². The topological polar surface area (TPSA) is 0 Å². The number of halogens is 2. The normalized spacial score (nSPS) is 14.7. The van der Waals surface area contributed by atoms with Crippen LogP contribution in [0.3, 0.4) is 0 Å². The molecule has 0 unspecified atom stereocenters. The highest BCUT2D eigenvalue weighted by Gasteiger charge is 2.20. The fourth-order valence-electron chi connectivity index (χ4n) is 0.555. The van der Waals surface area contributed by atoms with E-state index >= 15 is 0 Å². The molecule has 0 aromatic carbocycles. The Morgan fingerprint density at radius 1 is 1.20 bits per heavy atom.